The number of hydrogen-bond donors (Lipinski definition) is 0. The molecule has 2 nitrogen and oxygen atoms in total. The molecule has 0 bridgehead atoms. The van der Waals surface area contributed by atoms with Crippen molar-refractivity contribution < 1.29 is 9.53 Å². The fraction of sp³-hybridized carbons (Fsp3) is 0.786. The molecule has 0 radical (unpaired) electrons. The Bertz CT molecular complexity index is 319. The van der Waals surface area contributed by atoms with Crippen molar-refractivity contribution in [3.05, 3.63) is 11.6 Å². The zero-order valence-corrected chi connectivity index (χ0v) is 10.6. The van der Waals surface area contributed by atoms with E-state index in [0.717, 1.165) is 6.42 Å². The summed E-state index contributed by atoms with van der Waals surface area (Å²) in [5.41, 5.74) is 1.88. The van der Waals surface area contributed by atoms with E-state index in [4.69, 9.17) is 4.74 Å². The summed E-state index contributed by atoms with van der Waals surface area (Å²) in [5, 5.41) is 0. The third-order valence-electron chi connectivity index (χ3n) is 4.58. The van der Waals surface area contributed by atoms with E-state index in [9.17, 15) is 4.79 Å². The van der Waals surface area contributed by atoms with Crippen molar-refractivity contribution in [2.75, 3.05) is 0 Å². The highest BCUT2D eigenvalue weighted by atomic mass is 16.5. The van der Waals surface area contributed by atoms with Crippen LogP contribution in [0.4, 0.5) is 0 Å². The quantitative estimate of drug-likeness (QED) is 0.501. The number of fused-ring (bicyclic) bond motifs is 1. The number of rotatable bonds is 1. The van der Waals surface area contributed by atoms with Gasteiger partial charge in [-0.15, -0.1) is 0 Å². The van der Waals surface area contributed by atoms with Crippen LogP contribution in [0.25, 0.3) is 0 Å². The predicted molar refractivity (Wildman–Crippen MR) is 64.0 cm³/mol. The first-order valence-corrected chi connectivity index (χ1v) is 6.41. The van der Waals surface area contributed by atoms with Crippen molar-refractivity contribution in [2.24, 2.45) is 11.3 Å². The van der Waals surface area contributed by atoms with Gasteiger partial charge in [-0.25, -0.2) is 0 Å². The van der Waals surface area contributed by atoms with Crippen LogP contribution in [-0.4, -0.2) is 12.1 Å². The maximum absolute atomic E-state index is 11.1. The van der Waals surface area contributed by atoms with Gasteiger partial charge in [0.2, 0.25) is 0 Å². The minimum absolute atomic E-state index is 0.122. The molecule has 0 saturated heterocycles. The lowest BCUT2D eigenvalue weighted by atomic mass is 9.66. The van der Waals surface area contributed by atoms with Gasteiger partial charge >= 0.3 is 5.97 Å². The molecule has 0 aromatic rings. The second-order valence-electron chi connectivity index (χ2n) is 5.42. The van der Waals surface area contributed by atoms with Gasteiger partial charge in [0.05, 0.1) is 0 Å². The molecule has 2 aliphatic rings. The van der Waals surface area contributed by atoms with Gasteiger partial charge in [0.25, 0.3) is 0 Å². The molecule has 3 atom stereocenters. The van der Waals surface area contributed by atoms with Crippen LogP contribution in [0, 0.1) is 11.3 Å². The van der Waals surface area contributed by atoms with Crippen LogP contribution in [0.5, 0.6) is 0 Å². The van der Waals surface area contributed by atoms with E-state index in [-0.39, 0.29) is 12.1 Å². The van der Waals surface area contributed by atoms with Crippen LogP contribution < -0.4 is 0 Å². The molecular formula is C14H22O2. The third kappa shape index (κ3) is 1.79. The molecular weight excluding hydrogens is 200 g/mol. The van der Waals surface area contributed by atoms with E-state index in [1.165, 1.54) is 32.6 Å². The lowest BCUT2D eigenvalue weighted by Gasteiger charge is -2.42. The number of hydrogen-bond acceptors (Lipinski definition) is 2. The average Bonchev–Trinajstić information content (AvgIpc) is 2.54. The summed E-state index contributed by atoms with van der Waals surface area (Å²) in [7, 11) is 0. The molecule has 2 rings (SSSR count). The molecule has 2 fully saturated rings. The largest absolute Gasteiger partial charge is 0.462 e. The van der Waals surface area contributed by atoms with Gasteiger partial charge in [0, 0.05) is 12.8 Å². The summed E-state index contributed by atoms with van der Waals surface area (Å²) in [6, 6.07) is 0. The predicted octanol–water partition coefficient (Wildman–Crippen LogP) is 3.46. The summed E-state index contributed by atoms with van der Waals surface area (Å²) < 4.78 is 5.50. The first kappa shape index (κ1) is 11.7. The molecule has 0 amide bonds. The zero-order chi connectivity index (χ0) is 11.8. The van der Waals surface area contributed by atoms with Crippen molar-refractivity contribution in [1.29, 1.82) is 0 Å². The molecule has 2 aliphatic carbocycles. The summed E-state index contributed by atoms with van der Waals surface area (Å²) in [6.45, 7) is 6.02. The highest BCUT2D eigenvalue weighted by Crippen LogP contribution is 2.55. The Morgan fingerprint density at radius 3 is 2.88 bits per heavy atom. The van der Waals surface area contributed by atoms with Gasteiger partial charge in [-0.1, -0.05) is 18.6 Å². The second kappa shape index (κ2) is 4.23. The minimum Gasteiger partial charge on any atom is -0.462 e. The molecule has 0 aromatic heterocycles. The number of allylic oxidation sites excluding steroid dienone is 2. The molecule has 90 valence electrons. The molecule has 0 aliphatic heterocycles. The maximum Gasteiger partial charge on any atom is 0.302 e. The molecule has 2 saturated carbocycles. The Kier molecular flexibility index (Phi) is 3.09. The molecule has 0 spiro atoms. The highest BCUT2D eigenvalue weighted by molar-refractivity contribution is 5.66. The molecule has 0 heterocycles. The molecule has 0 aromatic carbocycles. The van der Waals surface area contributed by atoms with Gasteiger partial charge in [-0.05, 0) is 44.4 Å². The van der Waals surface area contributed by atoms with Crippen LogP contribution in [0.3, 0.4) is 0 Å². The Balaban J connectivity index is 2.19. The smallest absolute Gasteiger partial charge is 0.302 e. The minimum atomic E-state index is -0.122. The van der Waals surface area contributed by atoms with E-state index < -0.39 is 0 Å². The van der Waals surface area contributed by atoms with Gasteiger partial charge in [0.1, 0.15) is 6.10 Å². The maximum atomic E-state index is 11.1. The van der Waals surface area contributed by atoms with Crippen LogP contribution >= 0.6 is 0 Å². The fourth-order valence-electron chi connectivity index (χ4n) is 3.80. The third-order valence-corrected chi connectivity index (χ3v) is 4.58. The van der Waals surface area contributed by atoms with E-state index in [2.05, 4.69) is 19.9 Å². The van der Waals surface area contributed by atoms with Crippen LogP contribution in [0.15, 0.2) is 11.6 Å². The van der Waals surface area contributed by atoms with Gasteiger partial charge in [-0.2, -0.15) is 0 Å². The van der Waals surface area contributed by atoms with E-state index in [0.29, 0.717) is 11.3 Å². The zero-order valence-electron chi connectivity index (χ0n) is 10.6. The van der Waals surface area contributed by atoms with Crippen LogP contribution in [0.2, 0.25) is 0 Å². The summed E-state index contributed by atoms with van der Waals surface area (Å²) in [5.74, 6) is 0.430. The number of esters is 1. The number of carbonyl (C=O) groups is 1. The van der Waals surface area contributed by atoms with Gasteiger partial charge in [-0.3, -0.25) is 4.79 Å². The van der Waals surface area contributed by atoms with Gasteiger partial charge in [0.15, 0.2) is 0 Å². The lowest BCUT2D eigenvalue weighted by Crippen LogP contribution is -2.39. The standard InChI is InChI=1S/C14H22O2/c1-4-11-7-8-12-13(16-10(2)15)6-5-9-14(11,12)3/h4,12-13H,5-9H2,1-3H3/t12-,13-,14+/m0/s1. The van der Waals surface area contributed by atoms with Crippen LogP contribution in [0.1, 0.15) is 52.9 Å². The molecule has 2 heteroatoms. The average molecular weight is 222 g/mol. The fourth-order valence-corrected chi connectivity index (χ4v) is 3.80. The van der Waals surface area contributed by atoms with E-state index in [1.807, 2.05) is 0 Å². The van der Waals surface area contributed by atoms with Crippen molar-refractivity contribution >= 4 is 5.97 Å². The Hall–Kier alpha value is -0.790. The lowest BCUT2D eigenvalue weighted by molar-refractivity contribution is -0.153. The molecule has 0 N–H and O–H groups in total. The number of carbonyl (C=O) groups excluding carboxylic acids is 1. The molecule has 16 heavy (non-hydrogen) atoms. The summed E-state index contributed by atoms with van der Waals surface area (Å²) in [6.07, 6.45) is 8.31. The number of ether oxygens (including phenoxy) is 1. The van der Waals surface area contributed by atoms with E-state index >= 15 is 0 Å². The molecule has 0 unspecified atom stereocenters. The van der Waals surface area contributed by atoms with Crippen LogP contribution in [-0.2, 0) is 9.53 Å². The topological polar surface area (TPSA) is 26.3 Å². The summed E-state index contributed by atoms with van der Waals surface area (Å²) in [4.78, 5) is 11.1. The monoisotopic (exact) mass is 222 g/mol. The summed E-state index contributed by atoms with van der Waals surface area (Å²) >= 11 is 0. The van der Waals surface area contributed by atoms with Crippen molar-refractivity contribution in [1.82, 2.24) is 0 Å². The SMILES string of the molecule is CC=C1CC[C@H]2[C@@H](OC(C)=O)CCC[C@]12C. The Morgan fingerprint density at radius 2 is 2.25 bits per heavy atom. The Morgan fingerprint density at radius 1 is 1.50 bits per heavy atom. The second-order valence-corrected chi connectivity index (χ2v) is 5.42. The normalized spacial score (nSPS) is 40.8. The van der Waals surface area contributed by atoms with Gasteiger partial charge < -0.3 is 4.74 Å². The van der Waals surface area contributed by atoms with Crippen molar-refractivity contribution in [3.8, 4) is 0 Å². The highest BCUT2D eigenvalue weighted by Gasteiger charge is 2.49. The first-order valence-electron chi connectivity index (χ1n) is 6.41. The Labute approximate surface area is 98.1 Å². The van der Waals surface area contributed by atoms with Crippen molar-refractivity contribution in [2.45, 2.75) is 59.0 Å². The first-order chi connectivity index (χ1) is 7.58. The van der Waals surface area contributed by atoms with Crippen molar-refractivity contribution in [3.63, 3.8) is 0 Å². The van der Waals surface area contributed by atoms with E-state index in [1.54, 1.807) is 5.57 Å².